The molecule has 3 N–H and O–H groups in total. The van der Waals surface area contributed by atoms with E-state index in [1.165, 1.54) is 0 Å². The molecule has 1 rings (SSSR count). The highest BCUT2D eigenvalue weighted by atomic mass is 127. The van der Waals surface area contributed by atoms with Crippen LogP contribution >= 0.6 is 24.0 Å². The summed E-state index contributed by atoms with van der Waals surface area (Å²) in [6.07, 6.45) is 2.24. The van der Waals surface area contributed by atoms with Crippen LogP contribution in [0, 0.1) is 0 Å². The standard InChI is InChI=1S/C17H30N4O2S.HI/c1-5-6-11-19-17(18-4)20-12-15-7-9-16(10-8-15)13-24(22,23)21-14(2)3;/h7-10,14,21H,5-6,11-13H2,1-4H3,(H2,18,19,20);1H. The summed E-state index contributed by atoms with van der Waals surface area (Å²) in [5, 5.41) is 6.50. The fourth-order valence-electron chi connectivity index (χ4n) is 2.16. The molecular formula is C17H31IN4O2S. The fraction of sp³-hybridized carbons (Fsp3) is 0.588. The van der Waals surface area contributed by atoms with Crippen LogP contribution in [0.1, 0.15) is 44.7 Å². The maximum Gasteiger partial charge on any atom is 0.216 e. The Kier molecular flexibility index (Phi) is 12.0. The summed E-state index contributed by atoms with van der Waals surface area (Å²) in [4.78, 5) is 4.18. The molecule has 0 aliphatic rings. The van der Waals surface area contributed by atoms with Crippen LogP contribution < -0.4 is 15.4 Å². The second-order valence-electron chi connectivity index (χ2n) is 6.05. The normalized spacial score (nSPS) is 12.0. The molecule has 25 heavy (non-hydrogen) atoms. The minimum Gasteiger partial charge on any atom is -0.356 e. The third kappa shape index (κ3) is 10.7. The smallest absolute Gasteiger partial charge is 0.216 e. The van der Waals surface area contributed by atoms with Crippen LogP contribution in [0.15, 0.2) is 29.3 Å². The monoisotopic (exact) mass is 482 g/mol. The first kappa shape index (κ1) is 24.1. The Morgan fingerprint density at radius 3 is 2.24 bits per heavy atom. The summed E-state index contributed by atoms with van der Waals surface area (Å²) < 4.78 is 26.4. The van der Waals surface area contributed by atoms with Crippen LogP contribution in [0.5, 0.6) is 0 Å². The molecule has 0 unspecified atom stereocenters. The van der Waals surface area contributed by atoms with E-state index in [-0.39, 0.29) is 35.8 Å². The maximum atomic E-state index is 11.9. The van der Waals surface area contributed by atoms with Gasteiger partial charge in [-0.2, -0.15) is 0 Å². The van der Waals surface area contributed by atoms with Crippen LogP contribution in [0.25, 0.3) is 0 Å². The minimum atomic E-state index is -3.28. The van der Waals surface area contributed by atoms with E-state index in [0.717, 1.165) is 36.5 Å². The summed E-state index contributed by atoms with van der Waals surface area (Å²) in [6, 6.07) is 7.48. The van der Waals surface area contributed by atoms with Crippen molar-refractivity contribution in [3.63, 3.8) is 0 Å². The lowest BCUT2D eigenvalue weighted by molar-refractivity contribution is 0.569. The van der Waals surface area contributed by atoms with E-state index in [4.69, 9.17) is 0 Å². The lowest BCUT2D eigenvalue weighted by Gasteiger charge is -2.12. The molecule has 144 valence electrons. The summed E-state index contributed by atoms with van der Waals surface area (Å²) in [5.41, 5.74) is 1.85. The lowest BCUT2D eigenvalue weighted by Crippen LogP contribution is -2.37. The molecular weight excluding hydrogens is 451 g/mol. The highest BCUT2D eigenvalue weighted by molar-refractivity contribution is 14.0. The minimum absolute atomic E-state index is 0. The number of rotatable bonds is 9. The third-order valence-electron chi connectivity index (χ3n) is 3.30. The molecule has 1 aromatic rings. The van der Waals surface area contributed by atoms with Gasteiger partial charge in [-0.25, -0.2) is 13.1 Å². The first-order valence-electron chi connectivity index (χ1n) is 8.38. The van der Waals surface area contributed by atoms with Crippen molar-refractivity contribution in [1.82, 2.24) is 15.4 Å². The van der Waals surface area contributed by atoms with E-state index >= 15 is 0 Å². The Hall–Kier alpha value is -0.870. The van der Waals surface area contributed by atoms with Gasteiger partial charge in [0, 0.05) is 26.2 Å². The van der Waals surface area contributed by atoms with Crippen molar-refractivity contribution in [2.24, 2.45) is 4.99 Å². The molecule has 6 nitrogen and oxygen atoms in total. The molecule has 0 saturated carbocycles. The molecule has 0 spiro atoms. The predicted octanol–water partition coefficient (Wildman–Crippen LogP) is 2.60. The summed E-state index contributed by atoms with van der Waals surface area (Å²) >= 11 is 0. The van der Waals surface area contributed by atoms with Gasteiger partial charge in [0.05, 0.1) is 5.75 Å². The number of halogens is 1. The molecule has 0 atom stereocenters. The topological polar surface area (TPSA) is 82.6 Å². The zero-order chi connectivity index (χ0) is 18.0. The summed E-state index contributed by atoms with van der Waals surface area (Å²) in [7, 11) is -1.54. The number of guanidine groups is 1. The highest BCUT2D eigenvalue weighted by Crippen LogP contribution is 2.08. The van der Waals surface area contributed by atoms with Gasteiger partial charge in [0.2, 0.25) is 10.0 Å². The first-order valence-corrected chi connectivity index (χ1v) is 10.0. The van der Waals surface area contributed by atoms with Gasteiger partial charge >= 0.3 is 0 Å². The van der Waals surface area contributed by atoms with E-state index in [2.05, 4.69) is 27.3 Å². The van der Waals surface area contributed by atoms with E-state index < -0.39 is 10.0 Å². The van der Waals surface area contributed by atoms with Crippen molar-refractivity contribution in [3.05, 3.63) is 35.4 Å². The van der Waals surface area contributed by atoms with Crippen molar-refractivity contribution in [2.45, 2.75) is 52.0 Å². The molecule has 0 radical (unpaired) electrons. The Labute approximate surface area is 169 Å². The van der Waals surface area contributed by atoms with Crippen LogP contribution in [0.4, 0.5) is 0 Å². The van der Waals surface area contributed by atoms with Gasteiger partial charge in [0.1, 0.15) is 0 Å². The average Bonchev–Trinajstić information content (AvgIpc) is 2.50. The SMILES string of the molecule is CCCCNC(=NC)NCc1ccc(CS(=O)(=O)NC(C)C)cc1.I. The number of hydrogen-bond donors (Lipinski definition) is 3. The number of hydrogen-bond acceptors (Lipinski definition) is 3. The van der Waals surface area contributed by atoms with Gasteiger partial charge in [-0.3, -0.25) is 4.99 Å². The van der Waals surface area contributed by atoms with Crippen molar-refractivity contribution >= 4 is 40.0 Å². The molecule has 0 amide bonds. The van der Waals surface area contributed by atoms with Gasteiger partial charge in [-0.15, -0.1) is 24.0 Å². The fourth-order valence-corrected chi connectivity index (χ4v) is 3.60. The summed E-state index contributed by atoms with van der Waals surface area (Å²) in [5.74, 6) is 0.773. The van der Waals surface area contributed by atoms with Crippen molar-refractivity contribution in [3.8, 4) is 0 Å². The Morgan fingerprint density at radius 1 is 1.12 bits per heavy atom. The molecule has 0 bridgehead atoms. The molecule has 0 aromatic heterocycles. The number of sulfonamides is 1. The van der Waals surface area contributed by atoms with E-state index in [9.17, 15) is 8.42 Å². The average molecular weight is 482 g/mol. The molecule has 1 aromatic carbocycles. The largest absolute Gasteiger partial charge is 0.356 e. The third-order valence-corrected chi connectivity index (χ3v) is 4.85. The van der Waals surface area contributed by atoms with Crippen LogP contribution in [0.2, 0.25) is 0 Å². The van der Waals surface area contributed by atoms with Crippen molar-refractivity contribution < 1.29 is 8.42 Å². The van der Waals surface area contributed by atoms with Gasteiger partial charge in [0.15, 0.2) is 5.96 Å². The molecule has 8 heteroatoms. The van der Waals surface area contributed by atoms with Gasteiger partial charge in [-0.05, 0) is 31.4 Å². The second-order valence-corrected chi connectivity index (χ2v) is 7.81. The molecule has 0 aliphatic heterocycles. The van der Waals surface area contributed by atoms with E-state index in [1.807, 2.05) is 38.1 Å². The zero-order valence-corrected chi connectivity index (χ0v) is 18.6. The number of benzene rings is 1. The van der Waals surface area contributed by atoms with Crippen molar-refractivity contribution in [2.75, 3.05) is 13.6 Å². The molecule has 0 fully saturated rings. The maximum absolute atomic E-state index is 11.9. The first-order chi connectivity index (χ1) is 11.4. The second kappa shape index (κ2) is 12.5. The van der Waals surface area contributed by atoms with Crippen LogP contribution in [-0.4, -0.2) is 34.0 Å². The number of unbranched alkanes of at least 4 members (excludes halogenated alkanes) is 1. The van der Waals surface area contributed by atoms with Crippen LogP contribution in [0.3, 0.4) is 0 Å². The highest BCUT2D eigenvalue weighted by Gasteiger charge is 2.12. The Balaban J connectivity index is 0.00000576. The van der Waals surface area contributed by atoms with Gasteiger partial charge < -0.3 is 10.6 Å². The molecule has 0 aliphatic carbocycles. The van der Waals surface area contributed by atoms with Gasteiger partial charge in [-0.1, -0.05) is 37.6 Å². The summed E-state index contributed by atoms with van der Waals surface area (Å²) in [6.45, 7) is 7.32. The Morgan fingerprint density at radius 2 is 1.72 bits per heavy atom. The number of nitrogens with one attached hydrogen (secondary N) is 3. The molecule has 0 heterocycles. The lowest BCUT2D eigenvalue weighted by atomic mass is 10.1. The number of aliphatic imine (C=N–C) groups is 1. The zero-order valence-electron chi connectivity index (χ0n) is 15.5. The van der Waals surface area contributed by atoms with Gasteiger partial charge in [0.25, 0.3) is 0 Å². The predicted molar refractivity (Wildman–Crippen MR) is 116 cm³/mol. The Bertz CT molecular complexity index is 616. The number of nitrogens with zero attached hydrogens (tertiary/aromatic N) is 1. The van der Waals surface area contributed by atoms with Crippen molar-refractivity contribution in [1.29, 1.82) is 0 Å². The van der Waals surface area contributed by atoms with E-state index in [0.29, 0.717) is 6.54 Å². The molecule has 0 saturated heterocycles. The quantitative estimate of drug-likeness (QED) is 0.219. The van der Waals surface area contributed by atoms with E-state index in [1.54, 1.807) is 7.05 Å². The van der Waals surface area contributed by atoms with Crippen LogP contribution in [-0.2, 0) is 22.3 Å².